The summed E-state index contributed by atoms with van der Waals surface area (Å²) < 4.78 is 5.41. The van der Waals surface area contributed by atoms with Crippen LogP contribution in [-0.2, 0) is 16.0 Å². The molecular formula is C17H25NO3. The maximum atomic E-state index is 12.0. The Balaban J connectivity index is 1.79. The van der Waals surface area contributed by atoms with Gasteiger partial charge in [0, 0.05) is 6.04 Å². The first kappa shape index (κ1) is 15.8. The van der Waals surface area contributed by atoms with Gasteiger partial charge in [-0.15, -0.1) is 0 Å². The first-order valence-electron chi connectivity index (χ1n) is 7.60. The first-order chi connectivity index (χ1) is 9.83. The fraction of sp³-hybridized carbons (Fsp3) is 0.588. The molecule has 0 aliphatic carbocycles. The van der Waals surface area contributed by atoms with Crippen LogP contribution in [-0.4, -0.2) is 28.8 Å². The van der Waals surface area contributed by atoms with Crippen molar-refractivity contribution >= 4 is 5.97 Å². The number of aryl methyl sites for hydroxylation is 1. The number of rotatable bonds is 4. The van der Waals surface area contributed by atoms with E-state index in [-0.39, 0.29) is 12.0 Å². The number of phenols is 1. The van der Waals surface area contributed by atoms with Crippen LogP contribution < -0.4 is 5.32 Å². The minimum Gasteiger partial charge on any atom is -0.508 e. The van der Waals surface area contributed by atoms with Crippen LogP contribution in [0, 0.1) is 0 Å². The molecule has 2 N–H and O–H groups in total. The Morgan fingerprint density at radius 3 is 2.81 bits per heavy atom. The Morgan fingerprint density at radius 2 is 2.14 bits per heavy atom. The summed E-state index contributed by atoms with van der Waals surface area (Å²) in [7, 11) is 0. The van der Waals surface area contributed by atoms with Gasteiger partial charge in [0.15, 0.2) is 0 Å². The largest absolute Gasteiger partial charge is 0.508 e. The number of esters is 1. The molecule has 1 fully saturated rings. The summed E-state index contributed by atoms with van der Waals surface area (Å²) in [6.07, 6.45) is 3.68. The predicted molar refractivity (Wildman–Crippen MR) is 82.2 cm³/mol. The van der Waals surface area contributed by atoms with Crippen LogP contribution in [0.25, 0.3) is 0 Å². The lowest BCUT2D eigenvalue weighted by atomic mass is 10.0. The van der Waals surface area contributed by atoms with Gasteiger partial charge in [0.05, 0.1) is 0 Å². The van der Waals surface area contributed by atoms with Crippen LogP contribution in [0.1, 0.15) is 45.6 Å². The van der Waals surface area contributed by atoms with Crippen LogP contribution in [0.2, 0.25) is 0 Å². The molecule has 0 spiro atoms. The molecule has 116 valence electrons. The molecule has 0 amide bonds. The minimum absolute atomic E-state index is 0.151. The minimum atomic E-state index is -0.432. The van der Waals surface area contributed by atoms with Crippen molar-refractivity contribution in [3.05, 3.63) is 29.8 Å². The van der Waals surface area contributed by atoms with E-state index in [4.69, 9.17) is 4.74 Å². The van der Waals surface area contributed by atoms with Gasteiger partial charge in [-0.25, -0.2) is 0 Å². The molecule has 1 aromatic rings. The van der Waals surface area contributed by atoms with E-state index in [0.717, 1.165) is 31.2 Å². The standard InChI is InChI=1S/C17H25NO3/c1-17(2,3)21-16(20)15-10-9-13(18-15)8-7-12-5-4-6-14(19)11-12/h4-6,11,13,15,18-19H,7-10H2,1-3H3/t13-,15-/m1/s1. The molecule has 4 heteroatoms. The topological polar surface area (TPSA) is 58.6 Å². The van der Waals surface area contributed by atoms with Gasteiger partial charge in [-0.1, -0.05) is 12.1 Å². The zero-order chi connectivity index (χ0) is 15.5. The number of carbonyl (C=O) groups is 1. The Labute approximate surface area is 126 Å². The highest BCUT2D eigenvalue weighted by molar-refractivity contribution is 5.76. The Kier molecular flexibility index (Phi) is 4.88. The second-order valence-electron chi connectivity index (χ2n) is 6.74. The molecule has 1 aliphatic heterocycles. The van der Waals surface area contributed by atoms with E-state index >= 15 is 0 Å². The molecule has 0 radical (unpaired) electrons. The van der Waals surface area contributed by atoms with Crippen LogP contribution in [0.3, 0.4) is 0 Å². The van der Waals surface area contributed by atoms with E-state index in [2.05, 4.69) is 5.32 Å². The lowest BCUT2D eigenvalue weighted by Crippen LogP contribution is -2.40. The third kappa shape index (κ3) is 5.05. The molecule has 1 heterocycles. The molecule has 21 heavy (non-hydrogen) atoms. The highest BCUT2D eigenvalue weighted by Gasteiger charge is 2.31. The summed E-state index contributed by atoms with van der Waals surface area (Å²) in [4.78, 5) is 12.0. The summed E-state index contributed by atoms with van der Waals surface area (Å²) in [5.41, 5.74) is 0.691. The maximum absolute atomic E-state index is 12.0. The lowest BCUT2D eigenvalue weighted by molar-refractivity contribution is -0.157. The SMILES string of the molecule is CC(C)(C)OC(=O)[C@H]1CC[C@@H](CCc2cccc(O)c2)N1. The number of hydrogen-bond donors (Lipinski definition) is 2. The van der Waals surface area contributed by atoms with Crippen LogP contribution in [0.5, 0.6) is 5.75 Å². The van der Waals surface area contributed by atoms with Crippen LogP contribution in [0.15, 0.2) is 24.3 Å². The molecular weight excluding hydrogens is 266 g/mol. The van der Waals surface area contributed by atoms with Gasteiger partial charge >= 0.3 is 5.97 Å². The summed E-state index contributed by atoms with van der Waals surface area (Å²) in [6.45, 7) is 5.66. The molecule has 0 bridgehead atoms. The van der Waals surface area contributed by atoms with Crippen molar-refractivity contribution < 1.29 is 14.6 Å². The summed E-state index contributed by atoms with van der Waals surface area (Å²) in [5.74, 6) is 0.154. The predicted octanol–water partition coefficient (Wildman–Crippen LogP) is 2.79. The Hall–Kier alpha value is -1.55. The van der Waals surface area contributed by atoms with Crippen molar-refractivity contribution in [2.24, 2.45) is 0 Å². The summed E-state index contributed by atoms with van der Waals surface area (Å²) in [5, 5.41) is 12.8. The average Bonchev–Trinajstić information content (AvgIpc) is 2.83. The lowest BCUT2D eigenvalue weighted by Gasteiger charge is -2.22. The number of nitrogens with one attached hydrogen (secondary N) is 1. The fourth-order valence-electron chi connectivity index (χ4n) is 2.66. The van der Waals surface area contributed by atoms with Crippen molar-refractivity contribution in [3.8, 4) is 5.75 Å². The number of carbonyl (C=O) groups excluding carboxylic acids is 1. The number of benzene rings is 1. The summed E-state index contributed by atoms with van der Waals surface area (Å²) in [6, 6.07) is 7.50. The van der Waals surface area contributed by atoms with E-state index in [0.29, 0.717) is 11.8 Å². The number of ether oxygens (including phenoxy) is 1. The molecule has 0 saturated carbocycles. The number of hydrogen-bond acceptors (Lipinski definition) is 4. The highest BCUT2D eigenvalue weighted by atomic mass is 16.6. The molecule has 4 nitrogen and oxygen atoms in total. The third-order valence-corrected chi connectivity index (χ3v) is 3.62. The summed E-state index contributed by atoms with van der Waals surface area (Å²) >= 11 is 0. The molecule has 1 aliphatic rings. The van der Waals surface area contributed by atoms with Gasteiger partial charge < -0.3 is 15.2 Å². The fourth-order valence-corrected chi connectivity index (χ4v) is 2.66. The van der Waals surface area contributed by atoms with Gasteiger partial charge in [0.25, 0.3) is 0 Å². The molecule has 1 aromatic carbocycles. The smallest absolute Gasteiger partial charge is 0.323 e. The quantitative estimate of drug-likeness (QED) is 0.838. The van der Waals surface area contributed by atoms with E-state index in [1.54, 1.807) is 12.1 Å². The average molecular weight is 291 g/mol. The highest BCUT2D eigenvalue weighted by Crippen LogP contribution is 2.21. The van der Waals surface area contributed by atoms with E-state index < -0.39 is 5.60 Å². The van der Waals surface area contributed by atoms with Gasteiger partial charge in [0.2, 0.25) is 0 Å². The van der Waals surface area contributed by atoms with E-state index in [1.807, 2.05) is 32.9 Å². The van der Waals surface area contributed by atoms with Crippen molar-refractivity contribution in [3.63, 3.8) is 0 Å². The van der Waals surface area contributed by atoms with Gasteiger partial charge in [-0.2, -0.15) is 0 Å². The molecule has 2 atom stereocenters. The second kappa shape index (κ2) is 6.48. The maximum Gasteiger partial charge on any atom is 0.323 e. The van der Waals surface area contributed by atoms with Crippen LogP contribution in [0.4, 0.5) is 0 Å². The Morgan fingerprint density at radius 1 is 1.38 bits per heavy atom. The molecule has 0 aromatic heterocycles. The Bertz CT molecular complexity index is 493. The molecule has 1 saturated heterocycles. The monoisotopic (exact) mass is 291 g/mol. The molecule has 2 rings (SSSR count). The zero-order valence-corrected chi connectivity index (χ0v) is 13.1. The third-order valence-electron chi connectivity index (χ3n) is 3.62. The van der Waals surface area contributed by atoms with Crippen molar-refractivity contribution in [1.29, 1.82) is 0 Å². The first-order valence-corrected chi connectivity index (χ1v) is 7.60. The van der Waals surface area contributed by atoms with Crippen molar-refractivity contribution in [2.45, 2.75) is 64.1 Å². The van der Waals surface area contributed by atoms with Crippen LogP contribution >= 0.6 is 0 Å². The van der Waals surface area contributed by atoms with Gasteiger partial charge in [-0.3, -0.25) is 4.79 Å². The molecule has 0 unspecified atom stereocenters. The second-order valence-corrected chi connectivity index (χ2v) is 6.74. The van der Waals surface area contributed by atoms with Gasteiger partial charge in [-0.05, 0) is 64.2 Å². The van der Waals surface area contributed by atoms with Gasteiger partial charge in [0.1, 0.15) is 17.4 Å². The zero-order valence-electron chi connectivity index (χ0n) is 13.1. The van der Waals surface area contributed by atoms with Crippen molar-refractivity contribution in [2.75, 3.05) is 0 Å². The van der Waals surface area contributed by atoms with Crippen molar-refractivity contribution in [1.82, 2.24) is 5.32 Å². The van der Waals surface area contributed by atoms with E-state index in [9.17, 15) is 9.90 Å². The normalized spacial score (nSPS) is 22.2. The number of aromatic hydroxyl groups is 1. The number of phenolic OH excluding ortho intramolecular Hbond substituents is 1. The van der Waals surface area contributed by atoms with E-state index in [1.165, 1.54) is 0 Å².